The number of anilines is 1. The summed E-state index contributed by atoms with van der Waals surface area (Å²) in [6, 6.07) is 1.84. The van der Waals surface area contributed by atoms with Gasteiger partial charge in [0.2, 0.25) is 0 Å². The Hall–Kier alpha value is -5.36. The molecule has 0 saturated heterocycles. The third-order valence-electron chi connectivity index (χ3n) is 4.91. The molecule has 1 amide bonds. The fourth-order valence-corrected chi connectivity index (χ4v) is 3.20. The molecule has 4 rings (SSSR count). The van der Waals surface area contributed by atoms with E-state index in [1.54, 1.807) is 20.8 Å². The van der Waals surface area contributed by atoms with Crippen LogP contribution in [-0.2, 0) is 17.1 Å². The molecule has 4 heterocycles. The van der Waals surface area contributed by atoms with Crippen LogP contribution in [0.2, 0.25) is 0 Å². The monoisotopic (exact) mass is 645 g/mol. The number of alkyl halides is 6. The van der Waals surface area contributed by atoms with Crippen LogP contribution in [0.25, 0.3) is 22.8 Å². The summed E-state index contributed by atoms with van der Waals surface area (Å²) >= 11 is 0. The summed E-state index contributed by atoms with van der Waals surface area (Å²) < 4.78 is 109. The first kappa shape index (κ1) is 34.1. The predicted molar refractivity (Wildman–Crippen MR) is 137 cm³/mol. The molecule has 2 N–H and O–H groups in total. The number of nitrogens with one attached hydrogen (secondary N) is 1. The average Bonchev–Trinajstić information content (AvgIpc) is 2.91. The van der Waals surface area contributed by atoms with E-state index in [4.69, 9.17) is 9.84 Å². The molecular weight excluding hydrogens is 626 g/mol. The summed E-state index contributed by atoms with van der Waals surface area (Å²) in [7, 11) is 0. The number of nitrogens with zero attached hydrogens (tertiary/aromatic N) is 6. The molecule has 0 atom stereocenters. The van der Waals surface area contributed by atoms with Gasteiger partial charge in [-0.15, -0.1) is 0 Å². The Labute approximate surface area is 247 Å². The SMILES string of the molecule is CC(C)(C)OC(=O)Nc1cnc(-c2cncc(F)c2)nc1C(F)(F)F.O=C(O)c1cnc(-c2cncc(F)c2)nc1C(F)(F)F. The van der Waals surface area contributed by atoms with Gasteiger partial charge in [0.05, 0.1) is 24.3 Å². The van der Waals surface area contributed by atoms with Gasteiger partial charge in [-0.1, -0.05) is 0 Å². The van der Waals surface area contributed by atoms with Crippen molar-refractivity contribution in [1.29, 1.82) is 0 Å². The highest BCUT2D eigenvalue weighted by Gasteiger charge is 2.39. The number of halogens is 8. The molecule has 0 aliphatic rings. The quantitative estimate of drug-likeness (QED) is 0.237. The van der Waals surface area contributed by atoms with Gasteiger partial charge in [0.1, 0.15) is 22.8 Å². The molecule has 0 radical (unpaired) electrons. The van der Waals surface area contributed by atoms with Crippen molar-refractivity contribution in [2.75, 3.05) is 5.32 Å². The van der Waals surface area contributed by atoms with Crippen LogP contribution in [0.3, 0.4) is 0 Å². The Morgan fingerprint density at radius 1 is 0.733 bits per heavy atom. The van der Waals surface area contributed by atoms with E-state index in [-0.39, 0.29) is 17.0 Å². The number of carbonyl (C=O) groups excluding carboxylic acids is 1. The number of rotatable bonds is 4. The number of carboxylic acids is 1. The van der Waals surface area contributed by atoms with Gasteiger partial charge >= 0.3 is 24.4 Å². The highest BCUT2D eigenvalue weighted by atomic mass is 19.4. The van der Waals surface area contributed by atoms with Gasteiger partial charge in [-0.2, -0.15) is 26.3 Å². The second-order valence-electron chi connectivity index (χ2n) is 9.62. The molecule has 0 bridgehead atoms. The minimum Gasteiger partial charge on any atom is -0.478 e. The van der Waals surface area contributed by atoms with E-state index in [0.717, 1.165) is 43.1 Å². The molecule has 11 nitrogen and oxygen atoms in total. The number of carbonyl (C=O) groups is 2. The van der Waals surface area contributed by atoms with E-state index in [2.05, 4.69) is 29.9 Å². The lowest BCUT2D eigenvalue weighted by atomic mass is 10.2. The number of pyridine rings is 2. The zero-order valence-corrected chi connectivity index (χ0v) is 23.0. The van der Waals surface area contributed by atoms with Crippen molar-refractivity contribution >= 4 is 17.7 Å². The molecule has 0 fully saturated rings. The molecule has 0 saturated carbocycles. The second-order valence-corrected chi connectivity index (χ2v) is 9.62. The summed E-state index contributed by atoms with van der Waals surface area (Å²) in [6.07, 6.45) is -5.67. The first-order valence-corrected chi connectivity index (χ1v) is 12.1. The van der Waals surface area contributed by atoms with Crippen LogP contribution in [0.5, 0.6) is 0 Å². The van der Waals surface area contributed by atoms with Crippen molar-refractivity contribution in [3.63, 3.8) is 0 Å². The Bertz CT molecular complexity index is 1710. The molecule has 0 aliphatic carbocycles. The lowest BCUT2D eigenvalue weighted by molar-refractivity contribution is -0.142. The number of aromatic carboxylic acids is 1. The maximum Gasteiger partial charge on any atom is 0.435 e. The highest BCUT2D eigenvalue weighted by Crippen LogP contribution is 2.35. The molecule has 45 heavy (non-hydrogen) atoms. The van der Waals surface area contributed by atoms with Crippen LogP contribution in [0.15, 0.2) is 49.3 Å². The molecule has 0 spiro atoms. The topological polar surface area (TPSA) is 153 Å². The Morgan fingerprint density at radius 3 is 1.62 bits per heavy atom. The Morgan fingerprint density at radius 2 is 1.20 bits per heavy atom. The van der Waals surface area contributed by atoms with Crippen molar-refractivity contribution in [1.82, 2.24) is 29.9 Å². The number of carboxylic acid groups (broad SMARTS) is 1. The molecule has 4 aromatic heterocycles. The smallest absolute Gasteiger partial charge is 0.435 e. The minimum absolute atomic E-state index is 0.0330. The zero-order chi connectivity index (χ0) is 33.7. The van der Waals surface area contributed by atoms with Crippen LogP contribution >= 0.6 is 0 Å². The first-order valence-electron chi connectivity index (χ1n) is 12.1. The fourth-order valence-electron chi connectivity index (χ4n) is 3.20. The zero-order valence-electron chi connectivity index (χ0n) is 23.0. The van der Waals surface area contributed by atoms with Crippen molar-refractivity contribution in [2.24, 2.45) is 0 Å². The molecule has 0 unspecified atom stereocenters. The van der Waals surface area contributed by atoms with E-state index < -0.39 is 70.1 Å². The lowest BCUT2D eigenvalue weighted by Crippen LogP contribution is -2.28. The van der Waals surface area contributed by atoms with E-state index in [0.29, 0.717) is 6.20 Å². The van der Waals surface area contributed by atoms with Gasteiger partial charge in [-0.25, -0.2) is 38.3 Å². The molecular formula is C26H19F8N7O4. The predicted octanol–water partition coefficient (Wildman–Crippen LogP) is 6.44. The van der Waals surface area contributed by atoms with Crippen molar-refractivity contribution in [3.05, 3.63) is 77.9 Å². The number of hydrogen-bond donors (Lipinski definition) is 2. The molecule has 0 aliphatic heterocycles. The fraction of sp³-hybridized carbons (Fsp3) is 0.231. The van der Waals surface area contributed by atoms with Crippen molar-refractivity contribution in [2.45, 2.75) is 38.7 Å². The van der Waals surface area contributed by atoms with Crippen LogP contribution in [0.1, 0.15) is 42.5 Å². The van der Waals surface area contributed by atoms with Crippen molar-refractivity contribution < 1.29 is 54.6 Å². The number of aromatic nitrogens is 6. The Kier molecular flexibility index (Phi) is 9.94. The molecule has 0 aromatic carbocycles. The molecule has 238 valence electrons. The lowest BCUT2D eigenvalue weighted by Gasteiger charge is -2.20. The van der Waals surface area contributed by atoms with E-state index in [1.807, 2.05) is 5.32 Å². The van der Waals surface area contributed by atoms with Gasteiger partial charge in [0.15, 0.2) is 23.0 Å². The second kappa shape index (κ2) is 13.1. The summed E-state index contributed by atoms with van der Waals surface area (Å²) in [4.78, 5) is 43.2. The van der Waals surface area contributed by atoms with Crippen LogP contribution in [0.4, 0.5) is 45.6 Å². The normalized spacial score (nSPS) is 11.7. The van der Waals surface area contributed by atoms with Crippen LogP contribution < -0.4 is 5.32 Å². The maximum absolute atomic E-state index is 13.2. The third-order valence-corrected chi connectivity index (χ3v) is 4.91. The molecule has 19 heteroatoms. The number of amides is 1. The first-order chi connectivity index (χ1) is 20.7. The summed E-state index contributed by atoms with van der Waals surface area (Å²) in [5.41, 5.74) is -5.75. The average molecular weight is 645 g/mol. The largest absolute Gasteiger partial charge is 0.478 e. The van der Waals surface area contributed by atoms with Crippen LogP contribution in [-0.4, -0.2) is 52.7 Å². The van der Waals surface area contributed by atoms with Crippen molar-refractivity contribution in [3.8, 4) is 22.8 Å². The molecule has 4 aromatic rings. The maximum atomic E-state index is 13.2. The Balaban J connectivity index is 0.000000251. The highest BCUT2D eigenvalue weighted by molar-refractivity contribution is 5.89. The summed E-state index contributed by atoms with van der Waals surface area (Å²) in [5.74, 6) is -4.17. The van der Waals surface area contributed by atoms with E-state index >= 15 is 0 Å². The minimum atomic E-state index is -4.97. The summed E-state index contributed by atoms with van der Waals surface area (Å²) in [6.45, 7) is 4.69. The van der Waals surface area contributed by atoms with E-state index in [1.165, 1.54) is 0 Å². The van der Waals surface area contributed by atoms with Gasteiger partial charge in [-0.05, 0) is 32.9 Å². The van der Waals surface area contributed by atoms with E-state index in [9.17, 15) is 44.7 Å². The summed E-state index contributed by atoms with van der Waals surface area (Å²) in [5, 5.41) is 10.7. The van der Waals surface area contributed by atoms with Gasteiger partial charge < -0.3 is 9.84 Å². The number of ether oxygens (including phenoxy) is 1. The van der Waals surface area contributed by atoms with Gasteiger partial charge in [-0.3, -0.25) is 15.3 Å². The van der Waals surface area contributed by atoms with Gasteiger partial charge in [0.25, 0.3) is 0 Å². The number of hydrogen-bond acceptors (Lipinski definition) is 9. The van der Waals surface area contributed by atoms with Crippen LogP contribution in [0, 0.1) is 11.6 Å². The van der Waals surface area contributed by atoms with Gasteiger partial charge in [0, 0.05) is 29.7 Å². The standard InChI is InChI=1S/C15H14F4N4O2.C11H5F4N3O2/c1-14(2,3)25-13(24)22-10-7-21-12(23-11(10)15(17,18)19)8-4-9(16)6-20-5-8;12-6-1-5(2-16-3-6)9-17-4-7(10(19)20)8(18-9)11(13,14)15/h4-7H,1-3H3,(H,22,24);1-4H,(H,19,20). The third kappa shape index (κ3) is 9.57.